The lowest BCUT2D eigenvalue weighted by molar-refractivity contribution is -0.141. The molecule has 0 bridgehead atoms. The number of pyridine rings is 1. The summed E-state index contributed by atoms with van der Waals surface area (Å²) in [5, 5.41) is 9.40. The SMILES string of the molecule is COc1cc(C2(C(=O)O)CC2(C)C)ccn1. The molecule has 4 heteroatoms. The summed E-state index contributed by atoms with van der Waals surface area (Å²) < 4.78 is 5.02. The molecule has 16 heavy (non-hydrogen) atoms. The van der Waals surface area contributed by atoms with Crippen molar-refractivity contribution < 1.29 is 14.6 Å². The van der Waals surface area contributed by atoms with E-state index in [1.807, 2.05) is 13.8 Å². The second-order valence-corrected chi connectivity index (χ2v) is 4.86. The van der Waals surface area contributed by atoms with Crippen molar-refractivity contribution in [2.45, 2.75) is 25.7 Å². The number of rotatable bonds is 3. The zero-order valence-electron chi connectivity index (χ0n) is 9.65. The molecule has 2 rings (SSSR count). The summed E-state index contributed by atoms with van der Waals surface area (Å²) in [5.74, 6) is -0.313. The molecule has 0 amide bonds. The van der Waals surface area contributed by atoms with Crippen molar-refractivity contribution in [1.29, 1.82) is 0 Å². The van der Waals surface area contributed by atoms with Gasteiger partial charge in [-0.3, -0.25) is 4.79 Å². The van der Waals surface area contributed by atoms with Gasteiger partial charge in [0.25, 0.3) is 0 Å². The molecular weight excluding hydrogens is 206 g/mol. The highest BCUT2D eigenvalue weighted by molar-refractivity contribution is 5.87. The summed E-state index contributed by atoms with van der Waals surface area (Å²) in [7, 11) is 1.53. The van der Waals surface area contributed by atoms with Crippen molar-refractivity contribution in [3.63, 3.8) is 0 Å². The normalized spacial score (nSPS) is 26.2. The van der Waals surface area contributed by atoms with Crippen LogP contribution in [-0.4, -0.2) is 23.2 Å². The Morgan fingerprint density at radius 2 is 2.19 bits per heavy atom. The van der Waals surface area contributed by atoms with Crippen LogP contribution in [0.15, 0.2) is 18.3 Å². The smallest absolute Gasteiger partial charge is 0.314 e. The zero-order chi connectivity index (χ0) is 12.0. The van der Waals surface area contributed by atoms with Gasteiger partial charge in [-0.2, -0.15) is 0 Å². The molecule has 0 saturated heterocycles. The third-order valence-electron chi connectivity index (χ3n) is 3.54. The standard InChI is InChI=1S/C12H15NO3/c1-11(2)7-12(11,10(14)15)8-4-5-13-9(6-8)16-3/h4-6H,7H2,1-3H3,(H,14,15). The number of carboxylic acid groups (broad SMARTS) is 1. The van der Waals surface area contributed by atoms with Crippen molar-refractivity contribution >= 4 is 5.97 Å². The quantitative estimate of drug-likeness (QED) is 0.846. The molecule has 1 aromatic heterocycles. The Balaban J connectivity index is 2.47. The number of aromatic nitrogens is 1. The fraction of sp³-hybridized carbons (Fsp3) is 0.500. The molecule has 1 aromatic rings. The zero-order valence-corrected chi connectivity index (χ0v) is 9.65. The van der Waals surface area contributed by atoms with E-state index in [0.717, 1.165) is 5.56 Å². The molecule has 1 saturated carbocycles. The van der Waals surface area contributed by atoms with Crippen LogP contribution in [0.4, 0.5) is 0 Å². The van der Waals surface area contributed by atoms with Crippen molar-refractivity contribution in [1.82, 2.24) is 4.98 Å². The first kappa shape index (κ1) is 10.9. The Morgan fingerprint density at radius 1 is 1.56 bits per heavy atom. The maximum absolute atomic E-state index is 11.4. The summed E-state index contributed by atoms with van der Waals surface area (Å²) in [5.41, 5.74) is -0.203. The summed E-state index contributed by atoms with van der Waals surface area (Å²) >= 11 is 0. The molecular formula is C12H15NO3. The van der Waals surface area contributed by atoms with Crippen LogP contribution in [0.3, 0.4) is 0 Å². The van der Waals surface area contributed by atoms with E-state index < -0.39 is 11.4 Å². The molecule has 0 spiro atoms. The van der Waals surface area contributed by atoms with Crippen LogP contribution in [0.5, 0.6) is 5.88 Å². The van der Waals surface area contributed by atoms with Gasteiger partial charge in [0.2, 0.25) is 5.88 Å². The molecule has 1 heterocycles. The second-order valence-electron chi connectivity index (χ2n) is 4.86. The largest absolute Gasteiger partial charge is 0.481 e. The lowest BCUT2D eigenvalue weighted by atomic mass is 9.88. The average molecular weight is 221 g/mol. The van der Waals surface area contributed by atoms with Crippen LogP contribution in [0, 0.1) is 5.41 Å². The lowest BCUT2D eigenvalue weighted by Gasteiger charge is -2.16. The van der Waals surface area contributed by atoms with Crippen LogP contribution >= 0.6 is 0 Å². The van der Waals surface area contributed by atoms with Crippen LogP contribution in [0.1, 0.15) is 25.8 Å². The van der Waals surface area contributed by atoms with Gasteiger partial charge in [0.05, 0.1) is 12.5 Å². The van der Waals surface area contributed by atoms with E-state index in [0.29, 0.717) is 12.3 Å². The number of hydrogen-bond donors (Lipinski definition) is 1. The monoisotopic (exact) mass is 221 g/mol. The number of nitrogens with zero attached hydrogens (tertiary/aromatic N) is 1. The summed E-state index contributed by atoms with van der Waals surface area (Å²) in [6, 6.07) is 3.47. The summed E-state index contributed by atoms with van der Waals surface area (Å²) in [6.07, 6.45) is 2.25. The van der Waals surface area contributed by atoms with E-state index in [-0.39, 0.29) is 5.41 Å². The molecule has 1 aliphatic carbocycles. The average Bonchev–Trinajstić information content (AvgIpc) is 2.83. The number of ether oxygens (including phenoxy) is 1. The van der Waals surface area contributed by atoms with Gasteiger partial charge >= 0.3 is 5.97 Å². The molecule has 0 aliphatic heterocycles. The van der Waals surface area contributed by atoms with Gasteiger partial charge in [-0.15, -0.1) is 0 Å². The van der Waals surface area contributed by atoms with Gasteiger partial charge in [-0.1, -0.05) is 13.8 Å². The molecule has 1 fully saturated rings. The van der Waals surface area contributed by atoms with Gasteiger partial charge < -0.3 is 9.84 Å². The Morgan fingerprint density at radius 3 is 2.62 bits per heavy atom. The highest BCUT2D eigenvalue weighted by Gasteiger charge is 2.67. The lowest BCUT2D eigenvalue weighted by Crippen LogP contribution is -2.25. The van der Waals surface area contributed by atoms with Gasteiger partial charge in [-0.05, 0) is 23.5 Å². The fourth-order valence-corrected chi connectivity index (χ4v) is 2.39. The van der Waals surface area contributed by atoms with Crippen molar-refractivity contribution in [3.8, 4) is 5.88 Å². The number of aliphatic carboxylic acids is 1. The number of carboxylic acids is 1. The van der Waals surface area contributed by atoms with Crippen molar-refractivity contribution in [3.05, 3.63) is 23.9 Å². The van der Waals surface area contributed by atoms with Crippen LogP contribution in [-0.2, 0) is 10.2 Å². The first-order chi connectivity index (χ1) is 7.44. The minimum absolute atomic E-state index is 0.203. The van der Waals surface area contributed by atoms with Gasteiger partial charge in [0.1, 0.15) is 0 Å². The Bertz CT molecular complexity index is 442. The van der Waals surface area contributed by atoms with Crippen LogP contribution in [0.25, 0.3) is 0 Å². The molecule has 1 aliphatic rings. The van der Waals surface area contributed by atoms with E-state index in [9.17, 15) is 9.90 Å². The molecule has 1 atom stereocenters. The Kier molecular flexibility index (Phi) is 2.19. The van der Waals surface area contributed by atoms with Gasteiger partial charge in [-0.25, -0.2) is 4.98 Å². The highest BCUT2D eigenvalue weighted by Crippen LogP contribution is 2.64. The van der Waals surface area contributed by atoms with Crippen molar-refractivity contribution in [2.75, 3.05) is 7.11 Å². The molecule has 1 unspecified atom stereocenters. The molecule has 1 N–H and O–H groups in total. The fourth-order valence-electron chi connectivity index (χ4n) is 2.39. The van der Waals surface area contributed by atoms with E-state index in [4.69, 9.17) is 4.74 Å². The van der Waals surface area contributed by atoms with Crippen LogP contribution in [0.2, 0.25) is 0 Å². The van der Waals surface area contributed by atoms with E-state index >= 15 is 0 Å². The first-order valence-electron chi connectivity index (χ1n) is 5.18. The topological polar surface area (TPSA) is 59.4 Å². The van der Waals surface area contributed by atoms with Crippen molar-refractivity contribution in [2.24, 2.45) is 5.41 Å². The molecule has 86 valence electrons. The summed E-state index contributed by atoms with van der Waals surface area (Å²) in [4.78, 5) is 15.4. The second kappa shape index (κ2) is 3.20. The third kappa shape index (κ3) is 1.29. The van der Waals surface area contributed by atoms with Gasteiger partial charge in [0, 0.05) is 12.3 Å². The predicted octanol–water partition coefficient (Wildman–Crippen LogP) is 1.84. The Labute approximate surface area is 94.3 Å². The highest BCUT2D eigenvalue weighted by atomic mass is 16.5. The molecule has 0 radical (unpaired) electrons. The van der Waals surface area contributed by atoms with E-state index in [1.54, 1.807) is 18.3 Å². The van der Waals surface area contributed by atoms with E-state index in [2.05, 4.69) is 4.98 Å². The molecule has 4 nitrogen and oxygen atoms in total. The van der Waals surface area contributed by atoms with Crippen LogP contribution < -0.4 is 4.74 Å². The number of methoxy groups -OCH3 is 1. The first-order valence-corrected chi connectivity index (χ1v) is 5.18. The minimum Gasteiger partial charge on any atom is -0.481 e. The van der Waals surface area contributed by atoms with E-state index in [1.165, 1.54) is 7.11 Å². The minimum atomic E-state index is -0.775. The van der Waals surface area contributed by atoms with Gasteiger partial charge in [0.15, 0.2) is 0 Å². The predicted molar refractivity (Wildman–Crippen MR) is 58.5 cm³/mol. The Hall–Kier alpha value is -1.58. The maximum atomic E-state index is 11.4. The number of carbonyl (C=O) groups is 1. The molecule has 0 aromatic carbocycles. The maximum Gasteiger partial charge on any atom is 0.314 e. The number of hydrogen-bond acceptors (Lipinski definition) is 3. The third-order valence-corrected chi connectivity index (χ3v) is 3.54. The summed E-state index contributed by atoms with van der Waals surface area (Å²) in [6.45, 7) is 3.93.